The summed E-state index contributed by atoms with van der Waals surface area (Å²) < 4.78 is 6.85. The van der Waals surface area contributed by atoms with Gasteiger partial charge in [-0.05, 0) is 49.4 Å². The molecule has 6 nitrogen and oxygen atoms in total. The van der Waals surface area contributed by atoms with E-state index in [9.17, 15) is 9.59 Å². The molecule has 1 N–H and O–H groups in total. The van der Waals surface area contributed by atoms with Crippen LogP contribution >= 0.6 is 23.1 Å². The average Bonchev–Trinajstić information content (AvgIpc) is 3.24. The highest BCUT2D eigenvalue weighted by atomic mass is 32.2. The number of nitrogens with one attached hydrogen (secondary N) is 1. The normalized spacial score (nSPS) is 13.0. The number of aryl methyl sites for hydroxylation is 3. The van der Waals surface area contributed by atoms with Crippen LogP contribution in [-0.4, -0.2) is 28.3 Å². The van der Waals surface area contributed by atoms with Gasteiger partial charge in [0.25, 0.3) is 5.56 Å². The van der Waals surface area contributed by atoms with E-state index in [0.717, 1.165) is 35.0 Å². The maximum absolute atomic E-state index is 12.8. The van der Waals surface area contributed by atoms with E-state index in [2.05, 4.69) is 10.3 Å². The zero-order valence-corrected chi connectivity index (χ0v) is 17.6. The number of ether oxygens (including phenoxy) is 1. The topological polar surface area (TPSA) is 73.2 Å². The number of carbonyl (C=O) groups excluding carboxylic acids is 1. The molecule has 0 saturated carbocycles. The monoisotopic (exact) mass is 415 g/mol. The van der Waals surface area contributed by atoms with Crippen molar-refractivity contribution >= 4 is 44.9 Å². The molecule has 0 saturated heterocycles. The predicted molar refractivity (Wildman–Crippen MR) is 114 cm³/mol. The molecular formula is C20H21N3O3S2. The van der Waals surface area contributed by atoms with E-state index in [1.165, 1.54) is 22.2 Å². The highest BCUT2D eigenvalue weighted by Gasteiger charge is 2.22. The average molecular weight is 416 g/mol. The molecule has 0 fully saturated rings. The standard InChI is InChI=1S/C20H21N3O3S2/c1-11-7-8-14(26-3)13(9-11)21-16(24)10-27-20-22-18-17(19(25)23(20)2)12-5-4-6-15(12)28-18/h7-9H,4-6,10H2,1-3H3,(H,21,24). The molecule has 3 aromatic rings. The van der Waals surface area contributed by atoms with Crippen molar-refractivity contribution in [3.8, 4) is 5.75 Å². The second-order valence-corrected chi connectivity index (χ2v) is 8.86. The highest BCUT2D eigenvalue weighted by Crippen LogP contribution is 2.35. The molecule has 0 atom stereocenters. The van der Waals surface area contributed by atoms with E-state index in [1.54, 1.807) is 30.1 Å². The molecule has 1 aromatic carbocycles. The minimum atomic E-state index is -0.170. The summed E-state index contributed by atoms with van der Waals surface area (Å²) in [5.41, 5.74) is 2.82. The number of benzene rings is 1. The van der Waals surface area contributed by atoms with Crippen LogP contribution in [0.3, 0.4) is 0 Å². The molecule has 146 valence electrons. The third-order valence-electron chi connectivity index (χ3n) is 4.87. The number of amides is 1. The van der Waals surface area contributed by atoms with Gasteiger partial charge in [0, 0.05) is 11.9 Å². The van der Waals surface area contributed by atoms with E-state index in [-0.39, 0.29) is 17.2 Å². The lowest BCUT2D eigenvalue weighted by Crippen LogP contribution is -2.21. The number of hydrogen-bond acceptors (Lipinski definition) is 6. The highest BCUT2D eigenvalue weighted by molar-refractivity contribution is 7.99. The molecule has 8 heteroatoms. The smallest absolute Gasteiger partial charge is 0.262 e. The number of thiophene rings is 1. The molecule has 1 aliphatic rings. The zero-order valence-electron chi connectivity index (χ0n) is 16.0. The molecule has 2 heterocycles. The summed E-state index contributed by atoms with van der Waals surface area (Å²) in [6.07, 6.45) is 3.10. The Hall–Kier alpha value is -2.32. The number of methoxy groups -OCH3 is 1. The van der Waals surface area contributed by atoms with Crippen molar-refractivity contribution in [1.82, 2.24) is 9.55 Å². The maximum atomic E-state index is 12.8. The molecule has 1 aliphatic carbocycles. The van der Waals surface area contributed by atoms with Crippen LogP contribution in [0.15, 0.2) is 28.2 Å². The minimum absolute atomic E-state index is 0.0207. The van der Waals surface area contributed by atoms with Gasteiger partial charge < -0.3 is 10.1 Å². The first-order chi connectivity index (χ1) is 13.5. The largest absolute Gasteiger partial charge is 0.495 e. The Morgan fingerprint density at radius 2 is 2.21 bits per heavy atom. The van der Waals surface area contributed by atoms with Gasteiger partial charge in [0.1, 0.15) is 10.6 Å². The molecule has 1 amide bonds. The summed E-state index contributed by atoms with van der Waals surface area (Å²) in [6, 6.07) is 5.62. The van der Waals surface area contributed by atoms with E-state index < -0.39 is 0 Å². The maximum Gasteiger partial charge on any atom is 0.262 e. The summed E-state index contributed by atoms with van der Waals surface area (Å²) in [5.74, 6) is 0.606. The van der Waals surface area contributed by atoms with Crippen LogP contribution in [0.4, 0.5) is 5.69 Å². The van der Waals surface area contributed by atoms with Crippen LogP contribution in [0, 0.1) is 6.92 Å². The summed E-state index contributed by atoms with van der Waals surface area (Å²) in [5, 5.41) is 4.20. The number of fused-ring (bicyclic) bond motifs is 3. The Morgan fingerprint density at radius 1 is 1.39 bits per heavy atom. The molecular weight excluding hydrogens is 394 g/mol. The molecule has 4 rings (SSSR count). The van der Waals surface area contributed by atoms with Crippen LogP contribution < -0.4 is 15.6 Å². The van der Waals surface area contributed by atoms with E-state index in [4.69, 9.17) is 4.74 Å². The van der Waals surface area contributed by atoms with Gasteiger partial charge >= 0.3 is 0 Å². The van der Waals surface area contributed by atoms with Gasteiger partial charge in [-0.2, -0.15) is 0 Å². The van der Waals surface area contributed by atoms with Crippen LogP contribution in [0.2, 0.25) is 0 Å². The predicted octanol–water partition coefficient (Wildman–Crippen LogP) is 3.53. The van der Waals surface area contributed by atoms with E-state index >= 15 is 0 Å². The van der Waals surface area contributed by atoms with Gasteiger partial charge in [-0.15, -0.1) is 11.3 Å². The van der Waals surface area contributed by atoms with Crippen molar-refractivity contribution in [3.63, 3.8) is 0 Å². The second-order valence-electron chi connectivity index (χ2n) is 6.84. The molecule has 0 radical (unpaired) electrons. The third kappa shape index (κ3) is 3.42. The van der Waals surface area contributed by atoms with Crippen LogP contribution in [0.5, 0.6) is 5.75 Å². The lowest BCUT2D eigenvalue weighted by molar-refractivity contribution is -0.113. The van der Waals surface area contributed by atoms with Crippen molar-refractivity contribution in [3.05, 3.63) is 44.6 Å². The lowest BCUT2D eigenvalue weighted by Gasteiger charge is -2.11. The third-order valence-corrected chi connectivity index (χ3v) is 7.08. The Balaban J connectivity index is 1.53. The summed E-state index contributed by atoms with van der Waals surface area (Å²) in [6.45, 7) is 1.96. The van der Waals surface area contributed by atoms with Crippen molar-refractivity contribution in [2.75, 3.05) is 18.2 Å². The number of rotatable bonds is 5. The van der Waals surface area contributed by atoms with Crippen LogP contribution in [0.25, 0.3) is 10.2 Å². The van der Waals surface area contributed by atoms with Crippen molar-refractivity contribution < 1.29 is 9.53 Å². The van der Waals surface area contributed by atoms with Gasteiger partial charge in [-0.3, -0.25) is 14.2 Å². The van der Waals surface area contributed by atoms with Gasteiger partial charge in [0.05, 0.1) is 23.9 Å². The van der Waals surface area contributed by atoms with Crippen molar-refractivity contribution in [1.29, 1.82) is 0 Å². The molecule has 28 heavy (non-hydrogen) atoms. The first-order valence-corrected chi connectivity index (χ1v) is 10.9. The Bertz CT molecular complexity index is 1130. The fourth-order valence-corrected chi connectivity index (χ4v) is 5.54. The summed E-state index contributed by atoms with van der Waals surface area (Å²) >= 11 is 2.88. The van der Waals surface area contributed by atoms with Gasteiger partial charge in [0.2, 0.25) is 5.91 Å². The van der Waals surface area contributed by atoms with Gasteiger partial charge in [0.15, 0.2) is 5.16 Å². The number of aromatic nitrogens is 2. The first-order valence-electron chi connectivity index (χ1n) is 9.06. The zero-order chi connectivity index (χ0) is 19.8. The molecule has 0 bridgehead atoms. The van der Waals surface area contributed by atoms with Crippen molar-refractivity contribution in [2.24, 2.45) is 7.05 Å². The fraction of sp³-hybridized carbons (Fsp3) is 0.350. The minimum Gasteiger partial charge on any atom is -0.495 e. The fourth-order valence-electron chi connectivity index (χ4n) is 3.47. The summed E-state index contributed by atoms with van der Waals surface area (Å²) in [4.78, 5) is 32.0. The number of carbonyl (C=O) groups is 1. The lowest BCUT2D eigenvalue weighted by atomic mass is 10.2. The number of hydrogen-bond donors (Lipinski definition) is 1. The van der Waals surface area contributed by atoms with Gasteiger partial charge in [-0.25, -0.2) is 4.98 Å². The molecule has 2 aromatic heterocycles. The SMILES string of the molecule is COc1ccc(C)cc1NC(=O)CSc1nc2sc3c(c2c(=O)n1C)CCC3. The van der Waals surface area contributed by atoms with Crippen LogP contribution in [-0.2, 0) is 24.7 Å². The van der Waals surface area contributed by atoms with Crippen molar-refractivity contribution in [2.45, 2.75) is 31.3 Å². The molecule has 0 unspecified atom stereocenters. The van der Waals surface area contributed by atoms with Crippen LogP contribution in [0.1, 0.15) is 22.4 Å². The first kappa shape index (κ1) is 19.0. The molecule has 0 aliphatic heterocycles. The Morgan fingerprint density at radius 3 is 3.00 bits per heavy atom. The number of anilines is 1. The Labute approximate surface area is 170 Å². The molecule has 0 spiro atoms. The number of nitrogens with zero attached hydrogens (tertiary/aromatic N) is 2. The van der Waals surface area contributed by atoms with Gasteiger partial charge in [-0.1, -0.05) is 17.8 Å². The second kappa shape index (κ2) is 7.60. The van der Waals surface area contributed by atoms with E-state index in [1.807, 2.05) is 25.1 Å². The number of thioether (sulfide) groups is 1. The summed E-state index contributed by atoms with van der Waals surface area (Å²) in [7, 11) is 3.29. The van der Waals surface area contributed by atoms with E-state index in [0.29, 0.717) is 16.6 Å². The Kier molecular flexibility index (Phi) is 5.16. The quantitative estimate of drug-likeness (QED) is 0.510.